The third kappa shape index (κ3) is 14.0. The smallest absolute Gasteiger partial charge is 0.490 e. The molecule has 0 aromatic rings. The van der Waals surface area contributed by atoms with Crippen LogP contribution in [0.25, 0.3) is 0 Å². The molecule has 110 valence electrons. The lowest BCUT2D eigenvalue weighted by Gasteiger charge is -2.33. The topological polar surface area (TPSA) is 61.4 Å². The lowest BCUT2D eigenvalue weighted by atomic mass is 9.92. The van der Waals surface area contributed by atoms with Crippen molar-refractivity contribution < 1.29 is 14.0 Å². The van der Waals surface area contributed by atoms with Gasteiger partial charge in [-0.05, 0) is 25.3 Å². The van der Waals surface area contributed by atoms with Crippen LogP contribution >= 0.6 is 8.25 Å². The van der Waals surface area contributed by atoms with Crippen LogP contribution in [0.4, 0.5) is 0 Å². The SMILES string of the molecule is CC(C)(C)NC(O[P+](=O)[O-])C(C)(C)C.CCCC. The molecule has 0 bridgehead atoms. The van der Waals surface area contributed by atoms with Crippen molar-refractivity contribution in [1.29, 1.82) is 0 Å². The average molecular weight is 279 g/mol. The summed E-state index contributed by atoms with van der Waals surface area (Å²) in [6, 6.07) is 0. The van der Waals surface area contributed by atoms with E-state index < -0.39 is 14.5 Å². The fourth-order valence-corrected chi connectivity index (χ4v) is 1.42. The summed E-state index contributed by atoms with van der Waals surface area (Å²) >= 11 is 0. The van der Waals surface area contributed by atoms with E-state index in [0.717, 1.165) is 0 Å². The monoisotopic (exact) mass is 279 g/mol. The Morgan fingerprint density at radius 3 is 1.67 bits per heavy atom. The van der Waals surface area contributed by atoms with E-state index in [-0.39, 0.29) is 11.0 Å². The molecule has 1 N–H and O–H groups in total. The summed E-state index contributed by atoms with van der Waals surface area (Å²) in [5.74, 6) is 0. The highest BCUT2D eigenvalue weighted by Gasteiger charge is 2.33. The molecule has 0 heterocycles. The lowest BCUT2D eigenvalue weighted by molar-refractivity contribution is -0.195. The fraction of sp³-hybridized carbons (Fsp3) is 1.00. The Hall–Kier alpha value is -0.0200. The first-order chi connectivity index (χ1) is 7.94. The van der Waals surface area contributed by atoms with Crippen molar-refractivity contribution in [2.24, 2.45) is 5.41 Å². The molecule has 18 heavy (non-hydrogen) atoms. The summed E-state index contributed by atoms with van der Waals surface area (Å²) in [6.07, 6.45) is 2.14. The van der Waals surface area contributed by atoms with Crippen LogP contribution in [0.1, 0.15) is 68.2 Å². The maximum atomic E-state index is 10.5. The first kappa shape index (κ1) is 20.3. The highest BCUT2D eigenvalue weighted by molar-refractivity contribution is 7.30. The van der Waals surface area contributed by atoms with Crippen LogP contribution in [0, 0.1) is 5.41 Å². The van der Waals surface area contributed by atoms with Crippen molar-refractivity contribution in [2.75, 3.05) is 0 Å². The van der Waals surface area contributed by atoms with E-state index in [1.807, 2.05) is 41.5 Å². The highest BCUT2D eigenvalue weighted by atomic mass is 31.1. The van der Waals surface area contributed by atoms with Crippen molar-refractivity contribution in [3.8, 4) is 0 Å². The van der Waals surface area contributed by atoms with E-state index in [2.05, 4.69) is 19.2 Å². The van der Waals surface area contributed by atoms with E-state index in [4.69, 9.17) is 4.52 Å². The molecule has 0 saturated heterocycles. The average Bonchev–Trinajstić information content (AvgIpc) is 2.13. The summed E-state index contributed by atoms with van der Waals surface area (Å²) < 4.78 is 15.4. The number of hydrogen-bond acceptors (Lipinski definition) is 4. The molecule has 0 aliphatic heterocycles. The Morgan fingerprint density at radius 1 is 1.11 bits per heavy atom. The third-order valence-electron chi connectivity index (χ3n) is 2.04. The van der Waals surface area contributed by atoms with Gasteiger partial charge < -0.3 is 4.89 Å². The zero-order valence-electron chi connectivity index (χ0n) is 13.2. The minimum atomic E-state index is -2.82. The van der Waals surface area contributed by atoms with Gasteiger partial charge in [-0.25, -0.2) is 0 Å². The maximum Gasteiger partial charge on any atom is 0.490 e. The van der Waals surface area contributed by atoms with Crippen molar-refractivity contribution in [3.63, 3.8) is 0 Å². The van der Waals surface area contributed by atoms with Gasteiger partial charge in [-0.1, -0.05) is 47.5 Å². The Bertz CT molecular complexity index is 229. The van der Waals surface area contributed by atoms with E-state index in [0.29, 0.717) is 0 Å². The standard InChI is InChI=1S/C9H20NO3P.C4H10/c1-8(2,3)7(13-14(11)12)10-9(4,5)6;1-3-4-2/h7,10H,1-6H3;3-4H2,1-2H3. The van der Waals surface area contributed by atoms with Crippen LogP contribution in [-0.4, -0.2) is 11.8 Å². The fourth-order valence-electron chi connectivity index (χ4n) is 0.880. The second-order valence-corrected chi connectivity index (χ2v) is 7.13. The van der Waals surface area contributed by atoms with Crippen molar-refractivity contribution in [3.05, 3.63) is 0 Å². The Labute approximate surface area is 113 Å². The Morgan fingerprint density at radius 2 is 1.50 bits per heavy atom. The van der Waals surface area contributed by atoms with E-state index in [1.54, 1.807) is 0 Å². The molecule has 0 rings (SSSR count). The van der Waals surface area contributed by atoms with Crippen LogP contribution in [-0.2, 0) is 9.09 Å². The predicted molar refractivity (Wildman–Crippen MR) is 75.4 cm³/mol. The molecule has 0 amide bonds. The number of nitrogens with one attached hydrogen (secondary N) is 1. The van der Waals surface area contributed by atoms with Gasteiger partial charge in [0.05, 0.1) is 0 Å². The number of hydrogen-bond donors (Lipinski definition) is 1. The van der Waals surface area contributed by atoms with Gasteiger partial charge in [0.1, 0.15) is 0 Å². The molecular weight excluding hydrogens is 249 g/mol. The second-order valence-electron chi connectivity index (χ2n) is 6.47. The van der Waals surface area contributed by atoms with Crippen LogP contribution in [0.5, 0.6) is 0 Å². The maximum absolute atomic E-state index is 10.5. The van der Waals surface area contributed by atoms with Crippen molar-refractivity contribution >= 4 is 8.25 Å². The number of unbranched alkanes of at least 4 members (excludes halogenated alkanes) is 1. The second kappa shape index (κ2) is 8.98. The van der Waals surface area contributed by atoms with Gasteiger partial charge in [-0.2, -0.15) is 0 Å². The molecule has 0 aromatic heterocycles. The molecule has 2 unspecified atom stereocenters. The van der Waals surface area contributed by atoms with E-state index in [1.165, 1.54) is 12.8 Å². The third-order valence-corrected chi connectivity index (χ3v) is 2.43. The lowest BCUT2D eigenvalue weighted by Crippen LogP contribution is -2.50. The highest BCUT2D eigenvalue weighted by Crippen LogP contribution is 2.28. The van der Waals surface area contributed by atoms with Gasteiger partial charge in [0.2, 0.25) is 0 Å². The Kier molecular flexibility index (Phi) is 10.1. The molecule has 2 atom stereocenters. The van der Waals surface area contributed by atoms with Crippen LogP contribution in [0.2, 0.25) is 0 Å². The van der Waals surface area contributed by atoms with Crippen LogP contribution in [0.3, 0.4) is 0 Å². The van der Waals surface area contributed by atoms with Gasteiger partial charge >= 0.3 is 8.25 Å². The van der Waals surface area contributed by atoms with Gasteiger partial charge in [-0.15, -0.1) is 4.52 Å². The first-order valence-electron chi connectivity index (χ1n) is 6.52. The molecule has 5 heteroatoms. The molecule has 0 aromatic carbocycles. The summed E-state index contributed by atoms with van der Waals surface area (Å²) in [5.41, 5.74) is -0.439. The normalized spacial score (nSPS) is 14.6. The van der Waals surface area contributed by atoms with Crippen molar-refractivity contribution in [2.45, 2.75) is 80.0 Å². The summed E-state index contributed by atoms with van der Waals surface area (Å²) in [5, 5.41) is 3.12. The minimum Gasteiger partial charge on any atom is -0.566 e. The minimum absolute atomic E-state index is 0.177. The molecule has 0 saturated carbocycles. The zero-order valence-corrected chi connectivity index (χ0v) is 14.1. The van der Waals surface area contributed by atoms with Crippen LogP contribution < -0.4 is 10.2 Å². The van der Waals surface area contributed by atoms with E-state index in [9.17, 15) is 9.46 Å². The molecule has 4 nitrogen and oxygen atoms in total. The molecule has 0 radical (unpaired) electrons. The summed E-state index contributed by atoms with van der Waals surface area (Å²) in [4.78, 5) is 10.5. The van der Waals surface area contributed by atoms with Crippen molar-refractivity contribution in [1.82, 2.24) is 5.32 Å². The predicted octanol–water partition coefficient (Wildman–Crippen LogP) is 3.59. The first-order valence-corrected chi connectivity index (χ1v) is 7.62. The van der Waals surface area contributed by atoms with Crippen LogP contribution in [0.15, 0.2) is 0 Å². The van der Waals surface area contributed by atoms with Gasteiger partial charge in [0.25, 0.3) is 0 Å². The van der Waals surface area contributed by atoms with Gasteiger partial charge in [0, 0.05) is 11.0 Å². The quantitative estimate of drug-likeness (QED) is 0.631. The summed E-state index contributed by atoms with van der Waals surface area (Å²) in [7, 11) is -2.82. The molecular formula is C13H30NO3P. The van der Waals surface area contributed by atoms with E-state index >= 15 is 0 Å². The molecule has 0 spiro atoms. The van der Waals surface area contributed by atoms with Gasteiger partial charge in [0.15, 0.2) is 6.23 Å². The molecule has 0 aliphatic carbocycles. The van der Waals surface area contributed by atoms with Gasteiger partial charge in [-0.3, -0.25) is 5.32 Å². The summed E-state index contributed by atoms with van der Waals surface area (Å²) in [6.45, 7) is 16.0. The molecule has 0 aliphatic rings. The molecule has 0 fully saturated rings. The largest absolute Gasteiger partial charge is 0.566 e. The number of rotatable bonds is 4. The Balaban J connectivity index is 0. The zero-order chi connectivity index (χ0) is 15.0.